The molecule has 3 aromatic heterocycles. The van der Waals surface area contributed by atoms with Crippen molar-refractivity contribution in [2.45, 2.75) is 30.8 Å². The molecule has 28 heavy (non-hydrogen) atoms. The summed E-state index contributed by atoms with van der Waals surface area (Å²) in [6.45, 7) is 2.96. The number of benzene rings is 1. The topological polar surface area (TPSA) is 82.5 Å². The van der Waals surface area contributed by atoms with Crippen molar-refractivity contribution >= 4 is 27.7 Å². The van der Waals surface area contributed by atoms with Crippen LogP contribution in [0.5, 0.6) is 0 Å². The maximum atomic E-state index is 5.82. The number of rotatable bonds is 7. The molecule has 4 aromatic rings. The van der Waals surface area contributed by atoms with Gasteiger partial charge in [0.25, 0.3) is 0 Å². The first-order chi connectivity index (χ1) is 13.8. The highest BCUT2D eigenvalue weighted by molar-refractivity contribution is 9.10. The first kappa shape index (κ1) is 18.8. The van der Waals surface area contributed by atoms with E-state index in [-0.39, 0.29) is 0 Å². The summed E-state index contributed by atoms with van der Waals surface area (Å²) in [5, 5.41) is 17.9. The molecule has 4 rings (SSSR count). The molecule has 0 aliphatic rings. The van der Waals surface area contributed by atoms with Gasteiger partial charge in [-0.05, 0) is 46.6 Å². The summed E-state index contributed by atoms with van der Waals surface area (Å²) in [6, 6.07) is 11.6. The molecular weight excluding hydrogens is 440 g/mol. The van der Waals surface area contributed by atoms with Crippen LogP contribution in [0.3, 0.4) is 0 Å². The van der Waals surface area contributed by atoms with Gasteiger partial charge < -0.3 is 8.98 Å². The van der Waals surface area contributed by atoms with Crippen molar-refractivity contribution in [1.82, 2.24) is 29.9 Å². The normalized spacial score (nSPS) is 11.1. The SMILES string of the molecule is CCCn1c(SCc2nnc(-c3ccccc3Br)o2)nnc1-c1ccncc1. The molecule has 0 aliphatic carbocycles. The monoisotopic (exact) mass is 456 g/mol. The van der Waals surface area contributed by atoms with Crippen LogP contribution >= 0.6 is 27.7 Å². The number of hydrogen-bond acceptors (Lipinski definition) is 7. The molecule has 7 nitrogen and oxygen atoms in total. The van der Waals surface area contributed by atoms with E-state index in [0.717, 1.165) is 39.5 Å². The zero-order chi connectivity index (χ0) is 19.3. The molecule has 0 unspecified atom stereocenters. The highest BCUT2D eigenvalue weighted by Gasteiger charge is 2.16. The zero-order valence-electron chi connectivity index (χ0n) is 15.1. The Hall–Kier alpha value is -2.52. The summed E-state index contributed by atoms with van der Waals surface area (Å²) >= 11 is 5.04. The summed E-state index contributed by atoms with van der Waals surface area (Å²) in [7, 11) is 0. The Morgan fingerprint density at radius 2 is 1.86 bits per heavy atom. The summed E-state index contributed by atoms with van der Waals surface area (Å²) in [6.07, 6.45) is 4.50. The van der Waals surface area contributed by atoms with E-state index in [4.69, 9.17) is 4.42 Å². The number of aromatic nitrogens is 6. The standard InChI is InChI=1S/C19H17BrN6OS/c1-2-11-26-17(13-7-9-21-10-8-13)23-25-19(26)28-12-16-22-24-18(27-16)14-5-3-4-6-15(14)20/h3-10H,2,11-12H2,1H3. The van der Waals surface area contributed by atoms with E-state index in [0.29, 0.717) is 17.5 Å². The van der Waals surface area contributed by atoms with Crippen LogP contribution in [0.4, 0.5) is 0 Å². The van der Waals surface area contributed by atoms with Gasteiger partial charge in [-0.3, -0.25) is 4.98 Å². The van der Waals surface area contributed by atoms with Gasteiger partial charge in [-0.1, -0.05) is 30.8 Å². The Labute approximate surface area is 174 Å². The number of nitrogens with zero attached hydrogens (tertiary/aromatic N) is 6. The van der Waals surface area contributed by atoms with Gasteiger partial charge >= 0.3 is 0 Å². The second kappa shape index (κ2) is 8.66. The Morgan fingerprint density at radius 1 is 1.04 bits per heavy atom. The molecule has 0 N–H and O–H groups in total. The van der Waals surface area contributed by atoms with Crippen molar-refractivity contribution in [3.05, 3.63) is 59.2 Å². The quantitative estimate of drug-likeness (QED) is 0.367. The largest absolute Gasteiger partial charge is 0.420 e. The van der Waals surface area contributed by atoms with Crippen LogP contribution in [0.25, 0.3) is 22.8 Å². The average molecular weight is 457 g/mol. The summed E-state index contributed by atoms with van der Waals surface area (Å²) in [4.78, 5) is 4.07. The molecule has 0 aliphatic heterocycles. The molecule has 9 heteroatoms. The van der Waals surface area contributed by atoms with Crippen molar-refractivity contribution in [2.75, 3.05) is 0 Å². The first-order valence-electron chi connectivity index (χ1n) is 8.80. The van der Waals surface area contributed by atoms with Crippen LogP contribution in [-0.2, 0) is 12.3 Å². The molecule has 0 spiro atoms. The Kier molecular flexibility index (Phi) is 5.82. The van der Waals surface area contributed by atoms with Crippen molar-refractivity contribution < 1.29 is 4.42 Å². The first-order valence-corrected chi connectivity index (χ1v) is 10.6. The molecule has 0 atom stereocenters. The number of thioether (sulfide) groups is 1. The summed E-state index contributed by atoms with van der Waals surface area (Å²) in [5.74, 6) is 2.41. The van der Waals surface area contributed by atoms with Crippen LogP contribution in [-0.4, -0.2) is 29.9 Å². The van der Waals surface area contributed by atoms with Gasteiger partial charge in [-0.15, -0.1) is 20.4 Å². The van der Waals surface area contributed by atoms with E-state index in [1.54, 1.807) is 12.4 Å². The minimum absolute atomic E-state index is 0.496. The fraction of sp³-hybridized carbons (Fsp3) is 0.211. The lowest BCUT2D eigenvalue weighted by atomic mass is 10.2. The van der Waals surface area contributed by atoms with E-state index in [9.17, 15) is 0 Å². The third-order valence-corrected chi connectivity index (χ3v) is 5.64. The van der Waals surface area contributed by atoms with Crippen LogP contribution < -0.4 is 0 Å². The average Bonchev–Trinajstić information content (AvgIpc) is 3.35. The van der Waals surface area contributed by atoms with Crippen molar-refractivity contribution in [2.24, 2.45) is 0 Å². The van der Waals surface area contributed by atoms with E-state index >= 15 is 0 Å². The third kappa shape index (κ3) is 4.00. The van der Waals surface area contributed by atoms with E-state index in [1.165, 1.54) is 11.8 Å². The van der Waals surface area contributed by atoms with Gasteiger partial charge in [0.1, 0.15) is 0 Å². The minimum atomic E-state index is 0.496. The van der Waals surface area contributed by atoms with Crippen molar-refractivity contribution in [3.63, 3.8) is 0 Å². The Balaban J connectivity index is 1.53. The second-order valence-electron chi connectivity index (χ2n) is 5.96. The van der Waals surface area contributed by atoms with Crippen LogP contribution in [0.1, 0.15) is 19.2 Å². The zero-order valence-corrected chi connectivity index (χ0v) is 17.5. The molecule has 142 valence electrons. The molecule has 0 saturated carbocycles. The van der Waals surface area contributed by atoms with Gasteiger partial charge in [0.15, 0.2) is 11.0 Å². The number of pyridine rings is 1. The molecule has 0 saturated heterocycles. The lowest BCUT2D eigenvalue weighted by molar-refractivity contribution is 0.527. The smallest absolute Gasteiger partial charge is 0.248 e. The van der Waals surface area contributed by atoms with Gasteiger partial charge in [-0.2, -0.15) is 0 Å². The van der Waals surface area contributed by atoms with E-state index < -0.39 is 0 Å². The predicted octanol–water partition coefficient (Wildman–Crippen LogP) is 4.85. The molecule has 0 fully saturated rings. The fourth-order valence-electron chi connectivity index (χ4n) is 2.72. The molecule has 0 amide bonds. The van der Waals surface area contributed by atoms with Gasteiger partial charge in [-0.25, -0.2) is 0 Å². The molecule has 1 aromatic carbocycles. The third-order valence-electron chi connectivity index (χ3n) is 4.00. The highest BCUT2D eigenvalue weighted by Crippen LogP contribution is 2.29. The molecule has 3 heterocycles. The van der Waals surface area contributed by atoms with Gasteiger partial charge in [0, 0.05) is 29.0 Å². The summed E-state index contributed by atoms with van der Waals surface area (Å²) < 4.78 is 8.86. The summed E-state index contributed by atoms with van der Waals surface area (Å²) in [5.41, 5.74) is 1.87. The van der Waals surface area contributed by atoms with Gasteiger partial charge in [0.2, 0.25) is 11.8 Å². The van der Waals surface area contributed by atoms with Crippen molar-refractivity contribution in [3.8, 4) is 22.8 Å². The second-order valence-corrected chi connectivity index (χ2v) is 7.76. The highest BCUT2D eigenvalue weighted by atomic mass is 79.9. The van der Waals surface area contributed by atoms with E-state index in [2.05, 4.69) is 52.8 Å². The predicted molar refractivity (Wildman–Crippen MR) is 111 cm³/mol. The lowest BCUT2D eigenvalue weighted by Crippen LogP contribution is -2.02. The van der Waals surface area contributed by atoms with Crippen LogP contribution in [0.2, 0.25) is 0 Å². The minimum Gasteiger partial charge on any atom is -0.420 e. The van der Waals surface area contributed by atoms with E-state index in [1.807, 2.05) is 36.4 Å². The Morgan fingerprint density at radius 3 is 2.64 bits per heavy atom. The van der Waals surface area contributed by atoms with Gasteiger partial charge in [0.05, 0.1) is 11.3 Å². The van der Waals surface area contributed by atoms with Crippen LogP contribution in [0.15, 0.2) is 62.8 Å². The fourth-order valence-corrected chi connectivity index (χ4v) is 3.97. The number of halogens is 1. The molecule has 0 bridgehead atoms. The maximum absolute atomic E-state index is 5.82. The molecule has 0 radical (unpaired) electrons. The maximum Gasteiger partial charge on any atom is 0.248 e. The van der Waals surface area contributed by atoms with Crippen LogP contribution in [0, 0.1) is 0 Å². The molecular formula is C19H17BrN6OS. The lowest BCUT2D eigenvalue weighted by Gasteiger charge is -2.08. The Bertz CT molecular complexity index is 1070. The van der Waals surface area contributed by atoms with Crippen molar-refractivity contribution in [1.29, 1.82) is 0 Å². The number of hydrogen-bond donors (Lipinski definition) is 0.